The smallest absolute Gasteiger partial charge is 0.257 e. The topological polar surface area (TPSA) is 50.8 Å². The molecular formula is C18H26Cl2N2O3. The van der Waals surface area contributed by atoms with Crippen molar-refractivity contribution in [3.8, 4) is 5.75 Å². The zero-order chi connectivity index (χ0) is 18.2. The minimum atomic E-state index is -0.145. The summed E-state index contributed by atoms with van der Waals surface area (Å²) in [7, 11) is 0. The van der Waals surface area contributed by atoms with Gasteiger partial charge in [-0.3, -0.25) is 9.69 Å². The van der Waals surface area contributed by atoms with Crippen LogP contribution in [0.15, 0.2) is 18.2 Å². The zero-order valence-electron chi connectivity index (χ0n) is 14.8. The Morgan fingerprint density at radius 2 is 2.00 bits per heavy atom. The largest absolute Gasteiger partial charge is 0.484 e. The van der Waals surface area contributed by atoms with Crippen molar-refractivity contribution in [3.63, 3.8) is 0 Å². The maximum absolute atomic E-state index is 12.1. The van der Waals surface area contributed by atoms with Crippen LogP contribution in [-0.4, -0.2) is 56.3 Å². The molecule has 25 heavy (non-hydrogen) atoms. The molecule has 1 unspecified atom stereocenters. The number of hydrogen-bond acceptors (Lipinski definition) is 4. The molecule has 0 aliphatic carbocycles. The van der Waals surface area contributed by atoms with E-state index in [2.05, 4.69) is 24.1 Å². The molecule has 1 aromatic rings. The molecule has 7 heteroatoms. The Bertz CT molecular complexity index is 563. The molecule has 0 spiro atoms. The van der Waals surface area contributed by atoms with Gasteiger partial charge in [0.2, 0.25) is 0 Å². The lowest BCUT2D eigenvalue weighted by Crippen LogP contribution is -2.49. The van der Waals surface area contributed by atoms with Crippen molar-refractivity contribution in [2.45, 2.75) is 26.3 Å². The van der Waals surface area contributed by atoms with Gasteiger partial charge in [-0.2, -0.15) is 0 Å². The number of ether oxygens (including phenoxy) is 2. The molecule has 0 bridgehead atoms. The molecule has 0 saturated carbocycles. The molecule has 1 aliphatic heterocycles. The predicted octanol–water partition coefficient (Wildman–Crippen LogP) is 3.24. The minimum Gasteiger partial charge on any atom is -0.484 e. The van der Waals surface area contributed by atoms with Crippen molar-refractivity contribution in [2.75, 3.05) is 39.5 Å². The highest BCUT2D eigenvalue weighted by Crippen LogP contribution is 2.26. The second-order valence-electron chi connectivity index (χ2n) is 6.60. The third-order valence-electron chi connectivity index (χ3n) is 4.10. The van der Waals surface area contributed by atoms with Crippen molar-refractivity contribution in [1.82, 2.24) is 10.2 Å². The first kappa shape index (κ1) is 20.3. The van der Waals surface area contributed by atoms with Crippen LogP contribution in [0, 0.1) is 5.92 Å². The standard InChI is InChI=1S/C18H26Cl2N2O3/c1-13(2)9-14(22-5-7-24-8-6-22)11-21-18(23)12-25-15-3-4-16(19)17(20)10-15/h3-4,10,13-14H,5-9,11-12H2,1-2H3,(H,21,23). The summed E-state index contributed by atoms with van der Waals surface area (Å²) in [5, 5.41) is 3.84. The lowest BCUT2D eigenvalue weighted by molar-refractivity contribution is -0.123. The van der Waals surface area contributed by atoms with E-state index in [1.54, 1.807) is 18.2 Å². The van der Waals surface area contributed by atoms with Crippen molar-refractivity contribution in [1.29, 1.82) is 0 Å². The minimum absolute atomic E-state index is 0.0462. The molecule has 140 valence electrons. The van der Waals surface area contributed by atoms with Crippen molar-refractivity contribution >= 4 is 29.1 Å². The average Bonchev–Trinajstić information content (AvgIpc) is 2.60. The number of halogens is 2. The van der Waals surface area contributed by atoms with Gasteiger partial charge in [-0.15, -0.1) is 0 Å². The van der Waals surface area contributed by atoms with E-state index < -0.39 is 0 Å². The Morgan fingerprint density at radius 1 is 1.28 bits per heavy atom. The zero-order valence-corrected chi connectivity index (χ0v) is 16.3. The summed E-state index contributed by atoms with van der Waals surface area (Å²) in [5.74, 6) is 0.946. The number of carbonyl (C=O) groups excluding carboxylic acids is 1. The van der Waals surface area contributed by atoms with Gasteiger partial charge in [-0.05, 0) is 24.5 Å². The molecule has 1 fully saturated rings. The first-order valence-electron chi connectivity index (χ1n) is 8.62. The van der Waals surface area contributed by atoms with E-state index in [0.717, 1.165) is 32.7 Å². The van der Waals surface area contributed by atoms with Crippen molar-refractivity contribution < 1.29 is 14.3 Å². The highest BCUT2D eigenvalue weighted by atomic mass is 35.5. The fourth-order valence-electron chi connectivity index (χ4n) is 2.85. The third-order valence-corrected chi connectivity index (χ3v) is 4.84. The Labute approximate surface area is 159 Å². The van der Waals surface area contributed by atoms with E-state index in [0.29, 0.717) is 34.3 Å². The molecule has 0 aromatic heterocycles. The number of amides is 1. The Hall–Kier alpha value is -1.01. The monoisotopic (exact) mass is 388 g/mol. The quantitative estimate of drug-likeness (QED) is 0.742. The van der Waals surface area contributed by atoms with E-state index in [9.17, 15) is 4.79 Å². The van der Waals surface area contributed by atoms with Gasteiger partial charge in [-0.1, -0.05) is 37.0 Å². The van der Waals surface area contributed by atoms with E-state index >= 15 is 0 Å². The van der Waals surface area contributed by atoms with Crippen LogP contribution in [0.5, 0.6) is 5.75 Å². The van der Waals surface area contributed by atoms with Gasteiger partial charge in [0, 0.05) is 31.7 Å². The SMILES string of the molecule is CC(C)CC(CNC(=O)COc1ccc(Cl)c(Cl)c1)N1CCOCC1. The number of hydrogen-bond donors (Lipinski definition) is 1. The number of carbonyl (C=O) groups is 1. The van der Waals surface area contributed by atoms with E-state index in [1.807, 2.05) is 0 Å². The molecule has 5 nitrogen and oxygen atoms in total. The number of nitrogens with one attached hydrogen (secondary N) is 1. The van der Waals surface area contributed by atoms with Crippen LogP contribution in [0.3, 0.4) is 0 Å². The van der Waals surface area contributed by atoms with Crippen molar-refractivity contribution in [3.05, 3.63) is 28.2 Å². The Kier molecular flexibility index (Phi) is 8.30. The highest BCUT2D eigenvalue weighted by Gasteiger charge is 2.22. The molecule has 0 radical (unpaired) electrons. The Balaban J connectivity index is 1.79. The third kappa shape index (κ3) is 7.02. The maximum atomic E-state index is 12.1. The number of rotatable bonds is 8. The van der Waals surface area contributed by atoms with Crippen LogP contribution in [0.2, 0.25) is 10.0 Å². The maximum Gasteiger partial charge on any atom is 0.257 e. The summed E-state index contributed by atoms with van der Waals surface area (Å²) >= 11 is 11.8. The van der Waals surface area contributed by atoms with Crippen molar-refractivity contribution in [2.24, 2.45) is 5.92 Å². The molecule has 1 amide bonds. The van der Waals surface area contributed by atoms with Crippen LogP contribution >= 0.6 is 23.2 Å². The summed E-state index contributed by atoms with van der Waals surface area (Å²) in [5.41, 5.74) is 0. The molecular weight excluding hydrogens is 363 g/mol. The summed E-state index contributed by atoms with van der Waals surface area (Å²) in [6.07, 6.45) is 1.04. The first-order chi connectivity index (χ1) is 12.0. The van der Waals surface area contributed by atoms with Gasteiger partial charge in [-0.25, -0.2) is 0 Å². The van der Waals surface area contributed by atoms with Crippen LogP contribution in [0.1, 0.15) is 20.3 Å². The fraction of sp³-hybridized carbons (Fsp3) is 0.611. The summed E-state index contributed by atoms with van der Waals surface area (Å²) in [6, 6.07) is 5.26. The average molecular weight is 389 g/mol. The molecule has 1 saturated heterocycles. The van der Waals surface area contributed by atoms with E-state index in [-0.39, 0.29) is 12.5 Å². The Morgan fingerprint density at radius 3 is 2.64 bits per heavy atom. The van der Waals surface area contributed by atoms with Gasteiger partial charge in [0.05, 0.1) is 23.3 Å². The van der Waals surface area contributed by atoms with Gasteiger partial charge < -0.3 is 14.8 Å². The summed E-state index contributed by atoms with van der Waals surface area (Å²) < 4.78 is 10.9. The van der Waals surface area contributed by atoms with Crippen LogP contribution in [0.4, 0.5) is 0 Å². The van der Waals surface area contributed by atoms with Crippen LogP contribution < -0.4 is 10.1 Å². The predicted molar refractivity (Wildman–Crippen MR) is 101 cm³/mol. The van der Waals surface area contributed by atoms with E-state index in [4.69, 9.17) is 32.7 Å². The second-order valence-corrected chi connectivity index (χ2v) is 7.41. The molecule has 1 heterocycles. The summed E-state index contributed by atoms with van der Waals surface area (Å²) in [6.45, 7) is 8.29. The van der Waals surface area contributed by atoms with Gasteiger partial charge in [0.25, 0.3) is 5.91 Å². The van der Waals surface area contributed by atoms with Gasteiger partial charge in [0.15, 0.2) is 6.61 Å². The highest BCUT2D eigenvalue weighted by molar-refractivity contribution is 6.42. The molecule has 1 aliphatic rings. The number of benzene rings is 1. The molecule has 1 aromatic carbocycles. The van der Waals surface area contributed by atoms with E-state index in [1.165, 1.54) is 0 Å². The van der Waals surface area contributed by atoms with Crippen LogP contribution in [0.25, 0.3) is 0 Å². The lowest BCUT2D eigenvalue weighted by atomic mass is 10.0. The number of nitrogens with zero attached hydrogens (tertiary/aromatic N) is 1. The fourth-order valence-corrected chi connectivity index (χ4v) is 3.13. The van der Waals surface area contributed by atoms with Gasteiger partial charge >= 0.3 is 0 Å². The second kappa shape index (κ2) is 10.2. The number of morpholine rings is 1. The molecule has 1 N–H and O–H groups in total. The van der Waals surface area contributed by atoms with Crippen LogP contribution in [-0.2, 0) is 9.53 Å². The first-order valence-corrected chi connectivity index (χ1v) is 9.37. The summed E-state index contributed by atoms with van der Waals surface area (Å²) in [4.78, 5) is 14.5. The molecule has 1 atom stereocenters. The normalized spacial score (nSPS) is 16.7. The van der Waals surface area contributed by atoms with Gasteiger partial charge in [0.1, 0.15) is 5.75 Å². The lowest BCUT2D eigenvalue weighted by Gasteiger charge is -2.35. The molecule has 2 rings (SSSR count).